The van der Waals surface area contributed by atoms with Crippen molar-refractivity contribution in [3.63, 3.8) is 0 Å². The molecule has 9 heteroatoms. The molecular weight excluding hydrogens is 416 g/mol. The van der Waals surface area contributed by atoms with E-state index in [-0.39, 0.29) is 18.6 Å². The Labute approximate surface area is 190 Å². The molecule has 0 aliphatic carbocycles. The van der Waals surface area contributed by atoms with Crippen LogP contribution in [0.15, 0.2) is 11.6 Å². The molecular formula is C23H38N2O7. The van der Waals surface area contributed by atoms with Crippen LogP contribution in [-0.4, -0.2) is 76.6 Å². The summed E-state index contributed by atoms with van der Waals surface area (Å²) >= 11 is 0. The van der Waals surface area contributed by atoms with Crippen LogP contribution in [0.1, 0.15) is 60.3 Å². The highest BCUT2D eigenvalue weighted by molar-refractivity contribution is 6.39. The van der Waals surface area contributed by atoms with Crippen molar-refractivity contribution >= 4 is 17.7 Å². The Kier molecular flexibility index (Phi) is 8.98. The van der Waals surface area contributed by atoms with Crippen LogP contribution in [0.25, 0.3) is 0 Å². The molecule has 2 aliphatic heterocycles. The number of likely N-dealkylation sites (tertiary alicyclic amines) is 1. The SMILES string of the molecule is CNC(OC(=O)C1CCCN1C(=O)C(=O)C1(O)OC(C)CCC1C)/C(C)=C/C(C)C(C)O. The van der Waals surface area contributed by atoms with Gasteiger partial charge in [-0.3, -0.25) is 14.9 Å². The topological polar surface area (TPSA) is 125 Å². The fraction of sp³-hybridized carbons (Fsp3) is 0.783. The van der Waals surface area contributed by atoms with E-state index in [0.29, 0.717) is 31.3 Å². The minimum atomic E-state index is -2.18. The molecule has 0 aromatic carbocycles. The Morgan fingerprint density at radius 2 is 1.88 bits per heavy atom. The summed E-state index contributed by atoms with van der Waals surface area (Å²) in [5.74, 6) is -5.44. The molecule has 2 aliphatic rings. The molecule has 1 amide bonds. The monoisotopic (exact) mass is 454 g/mol. The van der Waals surface area contributed by atoms with Gasteiger partial charge in [-0.25, -0.2) is 4.79 Å². The zero-order chi connectivity index (χ0) is 24.2. The number of ether oxygens (including phenoxy) is 2. The van der Waals surface area contributed by atoms with Gasteiger partial charge < -0.3 is 24.6 Å². The second-order valence-electron chi connectivity index (χ2n) is 9.21. The first-order valence-electron chi connectivity index (χ1n) is 11.4. The zero-order valence-electron chi connectivity index (χ0n) is 20.0. The summed E-state index contributed by atoms with van der Waals surface area (Å²) in [6.07, 6.45) is 2.35. The van der Waals surface area contributed by atoms with Gasteiger partial charge in [0.2, 0.25) is 5.79 Å². The standard InChI is InChI=1S/C23H38N2O7/c1-13(17(5)26)12-14(2)20(24-6)31-22(29)18-8-7-11-25(18)21(28)19(27)23(30)15(3)9-10-16(4)32-23/h12-13,15-18,20,24,26,30H,7-11H2,1-6H3/b14-12+. The van der Waals surface area contributed by atoms with Gasteiger partial charge in [-0.15, -0.1) is 0 Å². The van der Waals surface area contributed by atoms with E-state index < -0.39 is 47.7 Å². The number of hydrogen-bond donors (Lipinski definition) is 3. The van der Waals surface area contributed by atoms with Crippen molar-refractivity contribution in [2.45, 2.75) is 90.6 Å². The lowest BCUT2D eigenvalue weighted by Gasteiger charge is -2.39. The first-order valence-corrected chi connectivity index (χ1v) is 11.4. The quantitative estimate of drug-likeness (QED) is 0.216. The minimum Gasteiger partial charge on any atom is -0.441 e. The van der Waals surface area contributed by atoms with E-state index >= 15 is 0 Å². The van der Waals surface area contributed by atoms with Crippen molar-refractivity contribution < 1.29 is 34.1 Å². The third kappa shape index (κ3) is 5.75. The number of rotatable bonds is 8. The molecule has 0 aromatic rings. The lowest BCUT2D eigenvalue weighted by atomic mass is 9.87. The van der Waals surface area contributed by atoms with E-state index in [4.69, 9.17) is 9.47 Å². The fourth-order valence-corrected chi connectivity index (χ4v) is 4.19. The van der Waals surface area contributed by atoms with Crippen molar-refractivity contribution in [1.29, 1.82) is 0 Å². The van der Waals surface area contributed by atoms with Crippen molar-refractivity contribution in [2.75, 3.05) is 13.6 Å². The van der Waals surface area contributed by atoms with Crippen LogP contribution >= 0.6 is 0 Å². The maximum atomic E-state index is 13.0. The fourth-order valence-electron chi connectivity index (χ4n) is 4.19. The molecule has 2 heterocycles. The largest absolute Gasteiger partial charge is 0.441 e. The Balaban J connectivity index is 2.12. The van der Waals surface area contributed by atoms with E-state index in [1.54, 1.807) is 34.7 Å². The summed E-state index contributed by atoms with van der Waals surface area (Å²) < 4.78 is 11.1. The summed E-state index contributed by atoms with van der Waals surface area (Å²) in [4.78, 5) is 40.0. The van der Waals surface area contributed by atoms with Crippen molar-refractivity contribution in [2.24, 2.45) is 11.8 Å². The normalized spacial score (nSPS) is 31.7. The predicted octanol–water partition coefficient (Wildman–Crippen LogP) is 1.12. The van der Waals surface area contributed by atoms with Crippen molar-refractivity contribution in [3.05, 3.63) is 11.6 Å². The van der Waals surface area contributed by atoms with Gasteiger partial charge in [0.05, 0.1) is 12.2 Å². The number of aliphatic hydroxyl groups is 2. The van der Waals surface area contributed by atoms with Crippen molar-refractivity contribution in [3.8, 4) is 0 Å². The van der Waals surface area contributed by atoms with E-state index in [1.807, 2.05) is 13.0 Å². The number of ketones is 1. The lowest BCUT2D eigenvalue weighted by molar-refractivity contribution is -0.259. The number of Topliss-reactive ketones (excluding diaryl/α,β-unsaturated/α-hetero) is 1. The third-order valence-corrected chi connectivity index (χ3v) is 6.56. The number of nitrogens with one attached hydrogen (secondary N) is 1. The van der Waals surface area contributed by atoms with E-state index in [9.17, 15) is 24.6 Å². The lowest BCUT2D eigenvalue weighted by Crippen LogP contribution is -2.58. The Bertz CT molecular complexity index is 738. The molecule has 32 heavy (non-hydrogen) atoms. The maximum absolute atomic E-state index is 13.0. The molecule has 7 atom stereocenters. The minimum absolute atomic E-state index is 0.132. The average molecular weight is 455 g/mol. The molecule has 7 unspecified atom stereocenters. The molecule has 2 saturated heterocycles. The number of carbonyl (C=O) groups is 3. The highest BCUT2D eigenvalue weighted by Gasteiger charge is 2.52. The second-order valence-corrected chi connectivity index (χ2v) is 9.21. The van der Waals surface area contributed by atoms with Crippen LogP contribution in [0.5, 0.6) is 0 Å². The van der Waals surface area contributed by atoms with Gasteiger partial charge >= 0.3 is 5.97 Å². The average Bonchev–Trinajstić information content (AvgIpc) is 3.23. The van der Waals surface area contributed by atoms with Gasteiger partial charge in [-0.2, -0.15) is 0 Å². The number of carbonyl (C=O) groups excluding carboxylic acids is 3. The van der Waals surface area contributed by atoms with Crippen LogP contribution in [0, 0.1) is 11.8 Å². The third-order valence-electron chi connectivity index (χ3n) is 6.56. The van der Waals surface area contributed by atoms with Gasteiger partial charge in [-0.1, -0.05) is 19.9 Å². The highest BCUT2D eigenvalue weighted by atomic mass is 16.6. The molecule has 0 radical (unpaired) electrons. The number of nitrogens with zero attached hydrogens (tertiary/aromatic N) is 1. The van der Waals surface area contributed by atoms with Gasteiger partial charge in [0.1, 0.15) is 6.04 Å². The number of hydrogen-bond acceptors (Lipinski definition) is 8. The summed E-state index contributed by atoms with van der Waals surface area (Å²) in [5.41, 5.74) is 0.717. The van der Waals surface area contributed by atoms with E-state index in [2.05, 4.69) is 5.32 Å². The first-order chi connectivity index (χ1) is 14.9. The zero-order valence-corrected chi connectivity index (χ0v) is 20.0. The smallest absolute Gasteiger partial charge is 0.330 e. The maximum Gasteiger partial charge on any atom is 0.330 e. The summed E-state index contributed by atoms with van der Waals surface area (Å²) in [6.45, 7) is 8.96. The summed E-state index contributed by atoms with van der Waals surface area (Å²) in [7, 11) is 1.64. The first kappa shape index (κ1) is 26.4. The Morgan fingerprint density at radius 1 is 1.22 bits per heavy atom. The van der Waals surface area contributed by atoms with Crippen LogP contribution in [0.3, 0.4) is 0 Å². The van der Waals surface area contributed by atoms with Crippen LogP contribution < -0.4 is 5.32 Å². The highest BCUT2D eigenvalue weighted by Crippen LogP contribution is 2.34. The van der Waals surface area contributed by atoms with Gasteiger partial charge in [0, 0.05) is 18.4 Å². The molecule has 3 N–H and O–H groups in total. The number of amides is 1. The molecule has 182 valence electrons. The molecule has 0 saturated carbocycles. The number of likely N-dealkylation sites (N-methyl/N-ethyl adjacent to an activating group) is 1. The van der Waals surface area contributed by atoms with Gasteiger partial charge in [-0.05, 0) is 59.1 Å². The summed E-state index contributed by atoms with van der Waals surface area (Å²) in [6, 6.07) is -0.913. The molecule has 0 spiro atoms. The Hall–Kier alpha value is -1.81. The predicted molar refractivity (Wildman–Crippen MR) is 117 cm³/mol. The second kappa shape index (κ2) is 10.9. The van der Waals surface area contributed by atoms with Crippen LogP contribution in [-0.2, 0) is 23.9 Å². The number of aliphatic hydroxyl groups excluding tert-OH is 1. The molecule has 2 fully saturated rings. The van der Waals surface area contributed by atoms with Crippen molar-refractivity contribution in [1.82, 2.24) is 10.2 Å². The molecule has 2 rings (SSSR count). The molecule has 0 bridgehead atoms. The Morgan fingerprint density at radius 3 is 2.47 bits per heavy atom. The van der Waals surface area contributed by atoms with Gasteiger partial charge in [0.25, 0.3) is 11.7 Å². The van der Waals surface area contributed by atoms with Crippen LogP contribution in [0.2, 0.25) is 0 Å². The summed E-state index contributed by atoms with van der Waals surface area (Å²) in [5, 5.41) is 23.5. The number of esters is 1. The van der Waals surface area contributed by atoms with Gasteiger partial charge in [0.15, 0.2) is 6.23 Å². The van der Waals surface area contributed by atoms with Crippen LogP contribution in [0.4, 0.5) is 0 Å². The molecule has 9 nitrogen and oxygen atoms in total. The van der Waals surface area contributed by atoms with E-state index in [0.717, 1.165) is 0 Å². The van der Waals surface area contributed by atoms with E-state index in [1.165, 1.54) is 4.90 Å². The molecule has 0 aromatic heterocycles.